The largest absolute Gasteiger partial charge is 0.481 e. The average Bonchev–Trinajstić information content (AvgIpc) is 2.47. The number of carbonyl (C=O) groups is 2. The van der Waals surface area contributed by atoms with Gasteiger partial charge in [0.25, 0.3) is 0 Å². The van der Waals surface area contributed by atoms with Gasteiger partial charge < -0.3 is 5.11 Å². The zero-order valence-electron chi connectivity index (χ0n) is 10.9. The Morgan fingerprint density at radius 3 is 2.24 bits per heavy atom. The second-order valence-electron chi connectivity index (χ2n) is 4.55. The first kappa shape index (κ1) is 15.5. The number of Topliss-reactive ketones (excluding diaryl/α,β-unsaturated/α-hetero) is 1. The molecule has 2 aromatic rings. The van der Waals surface area contributed by atoms with Crippen LogP contribution in [0.3, 0.4) is 0 Å². The van der Waals surface area contributed by atoms with Crippen molar-refractivity contribution in [3.05, 3.63) is 69.7 Å². The first-order valence-electron chi connectivity index (χ1n) is 6.25. The predicted octanol–water partition coefficient (Wildman–Crippen LogP) is 4.43. The van der Waals surface area contributed by atoms with Crippen molar-refractivity contribution < 1.29 is 14.7 Å². The highest BCUT2D eigenvalue weighted by Crippen LogP contribution is 2.28. The van der Waals surface area contributed by atoms with Crippen molar-refractivity contribution in [2.45, 2.75) is 12.3 Å². The van der Waals surface area contributed by atoms with Gasteiger partial charge >= 0.3 is 5.97 Å². The fourth-order valence-corrected chi connectivity index (χ4v) is 2.37. The third-order valence-electron chi connectivity index (χ3n) is 3.10. The smallest absolute Gasteiger partial charge is 0.304 e. The number of hydrogen-bond donors (Lipinski definition) is 1. The molecule has 0 amide bonds. The molecule has 5 heteroatoms. The molecule has 21 heavy (non-hydrogen) atoms. The molecule has 0 bridgehead atoms. The van der Waals surface area contributed by atoms with Gasteiger partial charge in [-0.3, -0.25) is 9.59 Å². The van der Waals surface area contributed by atoms with Gasteiger partial charge in [0, 0.05) is 5.56 Å². The molecular weight excluding hydrogens is 311 g/mol. The molecule has 0 heterocycles. The van der Waals surface area contributed by atoms with Crippen LogP contribution in [0.25, 0.3) is 0 Å². The van der Waals surface area contributed by atoms with Crippen molar-refractivity contribution in [1.29, 1.82) is 0 Å². The number of hydrogen-bond acceptors (Lipinski definition) is 2. The molecule has 1 N–H and O–H groups in total. The molecule has 0 aliphatic heterocycles. The van der Waals surface area contributed by atoms with Crippen LogP contribution in [0, 0.1) is 0 Å². The summed E-state index contributed by atoms with van der Waals surface area (Å²) in [5.41, 5.74) is 1.01. The SMILES string of the molecule is O=C(O)C[C@H](C(=O)c1ccc(Cl)c(Cl)c1)c1ccccc1. The van der Waals surface area contributed by atoms with Gasteiger partial charge in [0.05, 0.1) is 22.4 Å². The average molecular weight is 323 g/mol. The van der Waals surface area contributed by atoms with Crippen LogP contribution in [0.5, 0.6) is 0 Å². The highest BCUT2D eigenvalue weighted by molar-refractivity contribution is 6.42. The summed E-state index contributed by atoms with van der Waals surface area (Å²) in [5.74, 6) is -2.07. The summed E-state index contributed by atoms with van der Waals surface area (Å²) in [7, 11) is 0. The summed E-state index contributed by atoms with van der Waals surface area (Å²) >= 11 is 11.7. The quantitative estimate of drug-likeness (QED) is 0.828. The van der Waals surface area contributed by atoms with E-state index in [4.69, 9.17) is 28.3 Å². The maximum absolute atomic E-state index is 12.6. The molecule has 0 spiro atoms. The van der Waals surface area contributed by atoms with Gasteiger partial charge in [-0.25, -0.2) is 0 Å². The molecule has 0 aromatic heterocycles. The van der Waals surface area contributed by atoms with Gasteiger partial charge in [-0.15, -0.1) is 0 Å². The lowest BCUT2D eigenvalue weighted by atomic mass is 9.88. The molecule has 2 aromatic carbocycles. The first-order valence-corrected chi connectivity index (χ1v) is 7.00. The number of aliphatic carboxylic acids is 1. The molecule has 0 aliphatic carbocycles. The minimum Gasteiger partial charge on any atom is -0.481 e. The Bertz CT molecular complexity index is 668. The normalized spacial score (nSPS) is 11.9. The summed E-state index contributed by atoms with van der Waals surface area (Å²) in [5, 5.41) is 9.66. The second-order valence-corrected chi connectivity index (χ2v) is 5.37. The molecule has 1 atom stereocenters. The van der Waals surface area contributed by atoms with Crippen LogP contribution in [0.4, 0.5) is 0 Å². The summed E-state index contributed by atoms with van der Waals surface area (Å²) in [6, 6.07) is 13.4. The van der Waals surface area contributed by atoms with Crippen molar-refractivity contribution >= 4 is 35.0 Å². The Morgan fingerprint density at radius 2 is 1.67 bits per heavy atom. The van der Waals surface area contributed by atoms with E-state index < -0.39 is 11.9 Å². The molecule has 2 rings (SSSR count). The van der Waals surface area contributed by atoms with E-state index in [1.165, 1.54) is 12.1 Å². The van der Waals surface area contributed by atoms with E-state index in [1.807, 2.05) is 6.07 Å². The van der Waals surface area contributed by atoms with Crippen LogP contribution in [0.2, 0.25) is 10.0 Å². The zero-order valence-corrected chi connectivity index (χ0v) is 12.4. The van der Waals surface area contributed by atoms with Crippen LogP contribution in [0.15, 0.2) is 48.5 Å². The maximum Gasteiger partial charge on any atom is 0.304 e. The number of carboxylic acid groups (broad SMARTS) is 1. The first-order chi connectivity index (χ1) is 9.99. The minimum absolute atomic E-state index is 0.268. The highest BCUT2D eigenvalue weighted by atomic mass is 35.5. The van der Waals surface area contributed by atoms with Crippen molar-refractivity contribution in [2.24, 2.45) is 0 Å². The second kappa shape index (κ2) is 6.74. The van der Waals surface area contributed by atoms with Crippen molar-refractivity contribution in [3.8, 4) is 0 Å². The Hall–Kier alpha value is -1.84. The third kappa shape index (κ3) is 3.84. The van der Waals surface area contributed by atoms with Crippen LogP contribution in [-0.4, -0.2) is 16.9 Å². The van der Waals surface area contributed by atoms with Crippen molar-refractivity contribution in [3.63, 3.8) is 0 Å². The third-order valence-corrected chi connectivity index (χ3v) is 3.84. The summed E-state index contributed by atoms with van der Waals surface area (Å²) in [6.45, 7) is 0. The Labute approximate surface area is 132 Å². The number of halogens is 2. The minimum atomic E-state index is -1.03. The summed E-state index contributed by atoms with van der Waals surface area (Å²) < 4.78 is 0. The standard InChI is InChI=1S/C16H12Cl2O3/c17-13-7-6-11(8-14(13)18)16(21)12(9-15(19)20)10-4-2-1-3-5-10/h1-8,12H,9H2,(H,19,20)/t12-/m0/s1. The van der Waals surface area contributed by atoms with Crippen molar-refractivity contribution in [1.82, 2.24) is 0 Å². The fraction of sp³-hybridized carbons (Fsp3) is 0.125. The summed E-state index contributed by atoms with van der Waals surface area (Å²) in [6.07, 6.45) is -0.275. The van der Waals surface area contributed by atoms with Crippen LogP contribution >= 0.6 is 23.2 Å². The Kier molecular flexibility index (Phi) is 4.99. The lowest BCUT2D eigenvalue weighted by molar-refractivity contribution is -0.137. The molecule has 0 aliphatic rings. The molecule has 0 fully saturated rings. The number of ketones is 1. The molecule has 0 saturated carbocycles. The Morgan fingerprint density at radius 1 is 1.00 bits per heavy atom. The number of rotatable bonds is 5. The fourth-order valence-electron chi connectivity index (χ4n) is 2.07. The van der Waals surface area contributed by atoms with E-state index in [2.05, 4.69) is 0 Å². The van der Waals surface area contributed by atoms with Crippen LogP contribution in [0.1, 0.15) is 28.3 Å². The topological polar surface area (TPSA) is 54.4 Å². The number of carboxylic acids is 1. The maximum atomic E-state index is 12.6. The van der Waals surface area contributed by atoms with Gasteiger partial charge in [0.1, 0.15) is 0 Å². The molecule has 108 valence electrons. The Balaban J connectivity index is 2.38. The van der Waals surface area contributed by atoms with E-state index in [9.17, 15) is 9.59 Å². The van der Waals surface area contributed by atoms with E-state index >= 15 is 0 Å². The van der Waals surface area contributed by atoms with Gasteiger partial charge in [-0.05, 0) is 23.8 Å². The number of benzene rings is 2. The van der Waals surface area contributed by atoms with Gasteiger partial charge in [0.2, 0.25) is 0 Å². The van der Waals surface area contributed by atoms with Gasteiger partial charge in [-0.1, -0.05) is 53.5 Å². The summed E-state index contributed by atoms with van der Waals surface area (Å²) in [4.78, 5) is 23.6. The van der Waals surface area contributed by atoms with Gasteiger partial charge in [-0.2, -0.15) is 0 Å². The monoisotopic (exact) mass is 322 g/mol. The van der Waals surface area contributed by atoms with Gasteiger partial charge in [0.15, 0.2) is 5.78 Å². The van der Waals surface area contributed by atoms with E-state index in [-0.39, 0.29) is 17.2 Å². The molecule has 0 unspecified atom stereocenters. The predicted molar refractivity (Wildman–Crippen MR) is 82.2 cm³/mol. The molecular formula is C16H12Cl2O3. The number of carbonyl (C=O) groups excluding carboxylic acids is 1. The molecule has 0 saturated heterocycles. The highest BCUT2D eigenvalue weighted by Gasteiger charge is 2.25. The van der Waals surface area contributed by atoms with E-state index in [1.54, 1.807) is 30.3 Å². The van der Waals surface area contributed by atoms with E-state index in [0.717, 1.165) is 0 Å². The van der Waals surface area contributed by atoms with E-state index in [0.29, 0.717) is 16.1 Å². The van der Waals surface area contributed by atoms with Crippen LogP contribution in [-0.2, 0) is 4.79 Å². The lowest BCUT2D eigenvalue weighted by Gasteiger charge is -2.14. The lowest BCUT2D eigenvalue weighted by Crippen LogP contribution is -2.17. The molecule has 0 radical (unpaired) electrons. The zero-order chi connectivity index (χ0) is 15.4. The molecule has 3 nitrogen and oxygen atoms in total. The van der Waals surface area contributed by atoms with Crippen molar-refractivity contribution in [2.75, 3.05) is 0 Å². The van der Waals surface area contributed by atoms with Crippen LogP contribution < -0.4 is 0 Å².